The minimum Gasteiger partial charge on any atom is -1.00 e. The summed E-state index contributed by atoms with van der Waals surface area (Å²) in [5, 5.41) is 22.3. The number of benzene rings is 3. The van der Waals surface area contributed by atoms with Crippen LogP contribution in [0.5, 0.6) is 0 Å². The smallest absolute Gasteiger partial charge is 0.307 e. The van der Waals surface area contributed by atoms with Gasteiger partial charge in [0.15, 0.2) is 0 Å². The Hall–Kier alpha value is -2.40. The minimum absolute atomic E-state index is 0. The molecule has 0 amide bonds. The van der Waals surface area contributed by atoms with Gasteiger partial charge in [0.25, 0.3) is 0 Å². The molecule has 0 unspecified atom stereocenters. The van der Waals surface area contributed by atoms with Gasteiger partial charge in [0, 0.05) is 18.4 Å². The van der Waals surface area contributed by atoms with E-state index in [1.165, 1.54) is 86.3 Å². The second kappa shape index (κ2) is 21.1. The van der Waals surface area contributed by atoms with Crippen molar-refractivity contribution in [2.45, 2.75) is 32.2 Å². The maximum Gasteiger partial charge on any atom is 0.307 e. The molecule has 8 nitrogen and oxygen atoms in total. The summed E-state index contributed by atoms with van der Waals surface area (Å²) in [5.74, 6) is -4.17. The zero-order valence-electron chi connectivity index (χ0n) is 28.2. The molecule has 0 radical (unpaired) electrons. The number of fused-ring (bicyclic) bond motifs is 3. The molecule has 0 spiro atoms. The minimum atomic E-state index is -1.08. The third-order valence-corrected chi connectivity index (χ3v) is 10.5. The third kappa shape index (κ3) is 12.1. The molecule has 6 rings (SSSR count). The van der Waals surface area contributed by atoms with Crippen LogP contribution in [0.4, 0.5) is 0 Å². The first-order valence-electron chi connectivity index (χ1n) is 16.8. The molecule has 49 heavy (non-hydrogen) atoms. The van der Waals surface area contributed by atoms with E-state index in [9.17, 15) is 19.8 Å². The number of halogens is 4. The molecule has 0 aromatic heterocycles. The fourth-order valence-corrected chi connectivity index (χ4v) is 7.47. The van der Waals surface area contributed by atoms with Crippen LogP contribution in [0.15, 0.2) is 78.9 Å². The van der Waals surface area contributed by atoms with Gasteiger partial charge >= 0.3 is 11.9 Å². The van der Waals surface area contributed by atoms with Crippen molar-refractivity contribution in [1.29, 1.82) is 0 Å². The number of hydrogen-bond donors (Lipinski definition) is 4. The average molecular weight is 759 g/mol. The average Bonchev–Trinajstić information content (AvgIpc) is 3.06. The standard InChI is InChI=1S/C37H48N4O4.4ClH/c38-16-4-17-39-18-5-19-40-20-23-41(24-21-40,25-22-40)28-31-10-14-33(15-11-31)32-12-8-30(9-13-32)27-35(37(44)45)34(36(42)43)26-29-6-2-1-3-7-29;;;;/h1-3,6-15,34-35,39H,4-5,16-28,38H2;4*1H/t34-,35-,40?,41?;;;;/m0..../s1. The maximum atomic E-state index is 12.2. The highest BCUT2D eigenvalue weighted by Crippen LogP contribution is 2.30. The van der Waals surface area contributed by atoms with Gasteiger partial charge in [0.1, 0.15) is 45.8 Å². The summed E-state index contributed by atoms with van der Waals surface area (Å²) in [4.78, 5) is 24.3. The monoisotopic (exact) mass is 756 g/mol. The molecular weight excluding hydrogens is 706 g/mol. The molecule has 7 N–H and O–H groups in total. The van der Waals surface area contributed by atoms with Crippen LogP contribution in [0.3, 0.4) is 0 Å². The highest BCUT2D eigenvalue weighted by atomic mass is 35.5. The predicted molar refractivity (Wildman–Crippen MR) is 175 cm³/mol. The van der Waals surface area contributed by atoms with Gasteiger partial charge in [-0.2, -0.15) is 0 Å². The zero-order valence-corrected chi connectivity index (χ0v) is 31.2. The Kier molecular flexibility index (Phi) is 19.2. The number of aliphatic carboxylic acids is 2. The highest BCUT2D eigenvalue weighted by molar-refractivity contribution is 5.80. The van der Waals surface area contributed by atoms with Crippen LogP contribution in [0.1, 0.15) is 29.5 Å². The summed E-state index contributed by atoms with van der Waals surface area (Å²) in [6.45, 7) is 13.7. The van der Waals surface area contributed by atoms with Crippen LogP contribution in [0.25, 0.3) is 11.1 Å². The lowest BCUT2D eigenvalue weighted by Gasteiger charge is -2.55. The van der Waals surface area contributed by atoms with E-state index in [2.05, 4.69) is 35.3 Å². The summed E-state index contributed by atoms with van der Waals surface area (Å²) in [7, 11) is 0. The molecule has 0 aliphatic carbocycles. The Morgan fingerprint density at radius 1 is 0.612 bits per heavy atom. The molecule has 272 valence electrons. The van der Waals surface area contributed by atoms with Gasteiger partial charge in [-0.25, -0.2) is 0 Å². The topological polar surface area (TPSA) is 119 Å². The lowest BCUT2D eigenvalue weighted by atomic mass is 9.82. The van der Waals surface area contributed by atoms with Gasteiger partial charge in [0.05, 0.1) is 38.0 Å². The number of quaternary nitrogens is 4. The lowest BCUT2D eigenvalue weighted by Crippen LogP contribution is -3.00. The predicted octanol–water partition coefficient (Wildman–Crippen LogP) is -9.70. The van der Waals surface area contributed by atoms with Gasteiger partial charge < -0.3 is 79.9 Å². The molecule has 12 heteroatoms. The van der Waals surface area contributed by atoms with Crippen molar-refractivity contribution in [2.75, 3.05) is 65.4 Å². The van der Waals surface area contributed by atoms with E-state index in [4.69, 9.17) is 0 Å². The molecule has 3 aliphatic heterocycles. The molecule has 0 saturated carbocycles. The molecule has 3 aromatic carbocycles. The van der Waals surface area contributed by atoms with Crippen LogP contribution in [0, 0.1) is 11.8 Å². The fraction of sp³-hybridized carbons (Fsp3) is 0.459. The van der Waals surface area contributed by atoms with Crippen molar-refractivity contribution in [3.05, 3.63) is 95.6 Å². The zero-order chi connectivity index (χ0) is 31.7. The first kappa shape index (κ1) is 44.6. The van der Waals surface area contributed by atoms with Crippen molar-refractivity contribution >= 4 is 11.9 Å². The number of nitrogens with zero attached hydrogens (tertiary/aromatic N) is 2. The second-order valence-corrected chi connectivity index (χ2v) is 13.5. The van der Waals surface area contributed by atoms with Crippen molar-refractivity contribution in [3.8, 4) is 11.1 Å². The van der Waals surface area contributed by atoms with Crippen molar-refractivity contribution in [2.24, 2.45) is 11.8 Å². The van der Waals surface area contributed by atoms with Crippen LogP contribution in [0.2, 0.25) is 0 Å². The van der Waals surface area contributed by atoms with E-state index >= 15 is 0 Å². The number of rotatable bonds is 17. The van der Waals surface area contributed by atoms with Crippen LogP contribution in [-0.2, 0) is 29.0 Å². The number of piperazine rings is 3. The number of carboxylic acid groups (broad SMARTS) is 2. The molecule has 3 fully saturated rings. The van der Waals surface area contributed by atoms with Crippen LogP contribution < -0.4 is 60.7 Å². The van der Waals surface area contributed by atoms with Crippen molar-refractivity contribution < 1.29 is 89.4 Å². The Balaban J connectivity index is 0.00000300. The van der Waals surface area contributed by atoms with Crippen molar-refractivity contribution in [1.82, 2.24) is 0 Å². The first-order valence-corrected chi connectivity index (χ1v) is 16.8. The number of carboxylic acids is 2. The number of nitrogens with two attached hydrogens (primary N) is 1. The largest absolute Gasteiger partial charge is 1.00 e. The van der Waals surface area contributed by atoms with Crippen LogP contribution in [-0.4, -0.2) is 96.6 Å². The van der Waals surface area contributed by atoms with Gasteiger partial charge in [-0.3, -0.25) is 9.59 Å². The molecule has 2 bridgehead atoms. The molecule has 2 atom stereocenters. The molecular formula is C37H52Cl4N4O4. The van der Waals surface area contributed by atoms with E-state index < -0.39 is 23.8 Å². The molecule has 3 aromatic rings. The third-order valence-electron chi connectivity index (χ3n) is 10.5. The summed E-state index contributed by atoms with van der Waals surface area (Å²) in [5.41, 5.74) is 9.19. The Bertz CT molecular complexity index is 1390. The van der Waals surface area contributed by atoms with Gasteiger partial charge in [-0.15, -0.1) is 0 Å². The van der Waals surface area contributed by atoms with Crippen LogP contribution >= 0.6 is 0 Å². The normalized spacial score (nSPS) is 20.3. The second-order valence-electron chi connectivity index (χ2n) is 13.5. The Morgan fingerprint density at radius 3 is 1.51 bits per heavy atom. The van der Waals surface area contributed by atoms with Gasteiger partial charge in [0.2, 0.25) is 0 Å². The van der Waals surface area contributed by atoms with E-state index in [0.717, 1.165) is 35.3 Å². The Labute approximate surface area is 316 Å². The summed E-state index contributed by atoms with van der Waals surface area (Å²) in [6.07, 6.45) is 2.90. The summed E-state index contributed by atoms with van der Waals surface area (Å²) in [6, 6.07) is 26.1. The Morgan fingerprint density at radius 2 is 1.04 bits per heavy atom. The van der Waals surface area contributed by atoms with E-state index in [0.29, 0.717) is 0 Å². The molecule has 3 heterocycles. The maximum absolute atomic E-state index is 12.2. The highest BCUT2D eigenvalue weighted by Gasteiger charge is 2.48. The first-order chi connectivity index (χ1) is 21.8. The number of carbonyl (C=O) groups is 2. The SMILES string of the molecule is [Cl-].[Cl-].[Cl-].[Cl-].[NH3+]CCC[NH2+]CCC[N+]12CC[N+](Cc3ccc(-c4ccc(C[C@H](C(=O)O)[C@H](Cc5ccccc5)C(=O)O)cc4)cc3)(CC1)CC2. The lowest BCUT2D eigenvalue weighted by molar-refractivity contribution is -1.09. The van der Waals surface area contributed by atoms with E-state index in [1.807, 2.05) is 54.6 Å². The van der Waals surface area contributed by atoms with Gasteiger partial charge in [-0.05, 0) is 35.1 Å². The number of hydrogen-bond acceptors (Lipinski definition) is 2. The summed E-state index contributed by atoms with van der Waals surface area (Å²) >= 11 is 0. The van der Waals surface area contributed by atoms with Gasteiger partial charge in [-0.1, -0.05) is 78.9 Å². The molecule has 3 aliphatic rings. The quantitative estimate of drug-likeness (QED) is 0.0809. The van der Waals surface area contributed by atoms with E-state index in [1.54, 1.807) is 0 Å². The summed E-state index contributed by atoms with van der Waals surface area (Å²) < 4.78 is 2.55. The molecule has 3 saturated heterocycles. The fourth-order valence-electron chi connectivity index (χ4n) is 7.47. The van der Waals surface area contributed by atoms with Crippen molar-refractivity contribution in [3.63, 3.8) is 0 Å². The van der Waals surface area contributed by atoms with E-state index in [-0.39, 0.29) is 62.5 Å².